The fraction of sp³-hybridized carbons (Fsp3) is 0.909. The van der Waals surface area contributed by atoms with Gasteiger partial charge in [-0.05, 0) is 20.8 Å². The number of aliphatic hydroxyl groups is 3. The molecule has 1 fully saturated rings. The van der Waals surface area contributed by atoms with Crippen LogP contribution in [0, 0.1) is 5.92 Å². The van der Waals surface area contributed by atoms with Crippen molar-refractivity contribution in [2.45, 2.75) is 38.6 Å². The van der Waals surface area contributed by atoms with Crippen LogP contribution in [0.4, 0.5) is 4.79 Å². The molecule has 6 heteroatoms. The molecule has 1 aliphatic heterocycles. The molecule has 1 rings (SSSR count). The lowest BCUT2D eigenvalue weighted by Gasteiger charge is -2.38. The van der Waals surface area contributed by atoms with E-state index in [1.54, 1.807) is 20.8 Å². The molecule has 1 saturated heterocycles. The molecule has 0 radical (unpaired) electrons. The van der Waals surface area contributed by atoms with Gasteiger partial charge in [0.25, 0.3) is 0 Å². The number of likely N-dealkylation sites (tertiary alicyclic amines) is 1. The smallest absolute Gasteiger partial charge is 0.410 e. The molecular weight excluding hydrogens is 226 g/mol. The molecule has 1 aliphatic rings. The normalized spacial score (nSPS) is 30.2. The van der Waals surface area contributed by atoms with Gasteiger partial charge in [0.2, 0.25) is 0 Å². The van der Waals surface area contributed by atoms with E-state index in [9.17, 15) is 15.0 Å². The number of carbonyl (C=O) groups excluding carboxylic acids is 1. The number of amides is 1. The topological polar surface area (TPSA) is 90.2 Å². The molecule has 0 saturated carbocycles. The molecule has 100 valence electrons. The maximum atomic E-state index is 11.8. The van der Waals surface area contributed by atoms with Gasteiger partial charge in [-0.15, -0.1) is 0 Å². The van der Waals surface area contributed by atoms with Gasteiger partial charge in [-0.2, -0.15) is 0 Å². The molecule has 1 amide bonds. The third-order valence-corrected chi connectivity index (χ3v) is 2.63. The second-order valence-electron chi connectivity index (χ2n) is 5.39. The number of nitrogens with zero attached hydrogens (tertiary/aromatic N) is 1. The van der Waals surface area contributed by atoms with Crippen molar-refractivity contribution in [2.75, 3.05) is 19.7 Å². The van der Waals surface area contributed by atoms with E-state index in [-0.39, 0.29) is 19.7 Å². The highest BCUT2D eigenvalue weighted by Gasteiger charge is 2.37. The predicted molar refractivity (Wildman–Crippen MR) is 60.4 cm³/mol. The maximum absolute atomic E-state index is 11.8. The largest absolute Gasteiger partial charge is 0.444 e. The Kier molecular flexibility index (Phi) is 4.35. The molecule has 6 nitrogen and oxygen atoms in total. The van der Waals surface area contributed by atoms with E-state index in [1.807, 2.05) is 0 Å². The van der Waals surface area contributed by atoms with Crippen molar-refractivity contribution in [3.8, 4) is 0 Å². The van der Waals surface area contributed by atoms with Gasteiger partial charge in [0.15, 0.2) is 0 Å². The van der Waals surface area contributed by atoms with Gasteiger partial charge >= 0.3 is 6.09 Å². The number of hydrogen-bond donors (Lipinski definition) is 3. The highest BCUT2D eigenvalue weighted by molar-refractivity contribution is 5.68. The molecular formula is C11H21NO5. The van der Waals surface area contributed by atoms with E-state index in [1.165, 1.54) is 4.90 Å². The number of carbonyl (C=O) groups is 1. The molecule has 0 aromatic carbocycles. The molecule has 1 heterocycles. The number of rotatable bonds is 1. The zero-order valence-corrected chi connectivity index (χ0v) is 10.5. The zero-order chi connectivity index (χ0) is 13.2. The number of aliphatic hydroxyl groups excluding tert-OH is 3. The lowest BCUT2D eigenvalue weighted by Crippen LogP contribution is -2.55. The van der Waals surface area contributed by atoms with Gasteiger partial charge in [-0.1, -0.05) is 0 Å². The van der Waals surface area contributed by atoms with Gasteiger partial charge in [0.1, 0.15) is 5.60 Å². The number of piperidine rings is 1. The van der Waals surface area contributed by atoms with Crippen LogP contribution >= 0.6 is 0 Å². The average Bonchev–Trinajstić information content (AvgIpc) is 2.19. The van der Waals surface area contributed by atoms with Crippen molar-refractivity contribution in [1.82, 2.24) is 4.90 Å². The molecule has 3 atom stereocenters. The van der Waals surface area contributed by atoms with Crippen LogP contribution in [0.15, 0.2) is 0 Å². The first-order valence-electron chi connectivity index (χ1n) is 5.69. The Morgan fingerprint density at radius 2 is 1.94 bits per heavy atom. The van der Waals surface area contributed by atoms with Crippen molar-refractivity contribution in [3.05, 3.63) is 0 Å². The SMILES string of the molecule is CC(C)(C)OC(=O)N1C[C@H](CO)[C@@H](O)[C@H](O)C1. The molecule has 0 unspecified atom stereocenters. The van der Waals surface area contributed by atoms with Gasteiger partial charge in [-0.3, -0.25) is 0 Å². The van der Waals surface area contributed by atoms with Crippen molar-refractivity contribution in [2.24, 2.45) is 5.92 Å². The quantitative estimate of drug-likeness (QED) is 0.585. The molecule has 0 aromatic heterocycles. The molecule has 17 heavy (non-hydrogen) atoms. The van der Waals surface area contributed by atoms with Crippen LogP contribution < -0.4 is 0 Å². The van der Waals surface area contributed by atoms with E-state index >= 15 is 0 Å². The van der Waals surface area contributed by atoms with E-state index in [0.29, 0.717) is 0 Å². The van der Waals surface area contributed by atoms with Crippen LogP contribution in [0.25, 0.3) is 0 Å². The van der Waals surface area contributed by atoms with Crippen LogP contribution in [0.2, 0.25) is 0 Å². The van der Waals surface area contributed by atoms with Gasteiger partial charge in [0.05, 0.1) is 25.4 Å². The van der Waals surface area contributed by atoms with Crippen molar-refractivity contribution in [1.29, 1.82) is 0 Å². The summed E-state index contributed by atoms with van der Waals surface area (Å²) in [6.07, 6.45) is -2.59. The third kappa shape index (κ3) is 3.83. The Bertz CT molecular complexity index is 276. The van der Waals surface area contributed by atoms with Gasteiger partial charge < -0.3 is 25.0 Å². The van der Waals surface area contributed by atoms with Gasteiger partial charge in [-0.25, -0.2) is 4.79 Å². The first kappa shape index (κ1) is 14.2. The fourth-order valence-electron chi connectivity index (χ4n) is 1.75. The average molecular weight is 247 g/mol. The summed E-state index contributed by atoms with van der Waals surface area (Å²) in [5.41, 5.74) is -0.604. The van der Waals surface area contributed by atoms with E-state index in [0.717, 1.165) is 0 Å². The Morgan fingerprint density at radius 3 is 2.41 bits per heavy atom. The first-order chi connectivity index (χ1) is 7.74. The number of hydrogen-bond acceptors (Lipinski definition) is 5. The monoisotopic (exact) mass is 247 g/mol. The van der Waals surface area contributed by atoms with Crippen LogP contribution in [-0.4, -0.2) is 63.8 Å². The highest BCUT2D eigenvalue weighted by Crippen LogP contribution is 2.19. The van der Waals surface area contributed by atoms with E-state index in [2.05, 4.69) is 0 Å². The Hall–Kier alpha value is -0.850. The summed E-state index contributed by atoms with van der Waals surface area (Å²) in [6, 6.07) is 0. The molecule has 0 bridgehead atoms. The second kappa shape index (κ2) is 5.20. The van der Waals surface area contributed by atoms with Gasteiger partial charge in [0, 0.05) is 12.5 Å². The summed E-state index contributed by atoms with van der Waals surface area (Å²) in [6.45, 7) is 5.19. The van der Waals surface area contributed by atoms with E-state index < -0.39 is 29.8 Å². The number of ether oxygens (including phenoxy) is 1. The van der Waals surface area contributed by atoms with Crippen LogP contribution in [0.1, 0.15) is 20.8 Å². The summed E-state index contributed by atoms with van der Waals surface area (Å²) in [5, 5.41) is 28.2. The molecule has 0 aliphatic carbocycles. The summed E-state index contributed by atoms with van der Waals surface area (Å²) < 4.78 is 5.17. The van der Waals surface area contributed by atoms with Crippen LogP contribution in [0.3, 0.4) is 0 Å². The lowest BCUT2D eigenvalue weighted by atomic mass is 9.93. The van der Waals surface area contributed by atoms with Crippen molar-refractivity contribution < 1.29 is 24.9 Å². The second-order valence-corrected chi connectivity index (χ2v) is 5.39. The minimum Gasteiger partial charge on any atom is -0.444 e. The number of β-amino-alcohol motifs (C(OH)–C–C–N with tert-alkyl or cyclic N) is 1. The maximum Gasteiger partial charge on any atom is 0.410 e. The Morgan fingerprint density at radius 1 is 1.35 bits per heavy atom. The zero-order valence-electron chi connectivity index (χ0n) is 10.5. The Labute approximate surface area is 101 Å². The lowest BCUT2D eigenvalue weighted by molar-refractivity contribution is -0.0871. The molecule has 3 N–H and O–H groups in total. The minimum atomic E-state index is -1.05. The highest BCUT2D eigenvalue weighted by atomic mass is 16.6. The summed E-state index contributed by atoms with van der Waals surface area (Å²) in [4.78, 5) is 13.1. The van der Waals surface area contributed by atoms with Crippen LogP contribution in [-0.2, 0) is 4.74 Å². The summed E-state index contributed by atoms with van der Waals surface area (Å²) in [7, 11) is 0. The molecule has 0 spiro atoms. The predicted octanol–water partition coefficient (Wildman–Crippen LogP) is -0.433. The molecule has 0 aromatic rings. The fourth-order valence-corrected chi connectivity index (χ4v) is 1.75. The Balaban J connectivity index is 2.63. The summed E-state index contributed by atoms with van der Waals surface area (Å²) in [5.74, 6) is -0.536. The minimum absolute atomic E-state index is 0.0204. The van der Waals surface area contributed by atoms with Crippen molar-refractivity contribution >= 4 is 6.09 Å². The van der Waals surface area contributed by atoms with E-state index in [4.69, 9.17) is 9.84 Å². The summed E-state index contributed by atoms with van der Waals surface area (Å²) >= 11 is 0. The third-order valence-electron chi connectivity index (χ3n) is 2.63. The van der Waals surface area contributed by atoms with Crippen LogP contribution in [0.5, 0.6) is 0 Å². The first-order valence-corrected chi connectivity index (χ1v) is 5.69. The standard InChI is InChI=1S/C11H21NO5/c1-11(2,3)17-10(16)12-4-7(6-13)9(15)8(14)5-12/h7-9,13-15H,4-6H2,1-3H3/t7-,8-,9-/m1/s1. The van der Waals surface area contributed by atoms with Crippen molar-refractivity contribution in [3.63, 3.8) is 0 Å².